The minimum absolute atomic E-state index is 0.00214. The van der Waals surface area contributed by atoms with Crippen molar-refractivity contribution in [1.82, 2.24) is 19.0 Å². The highest BCUT2D eigenvalue weighted by Crippen LogP contribution is 2.26. The van der Waals surface area contributed by atoms with Gasteiger partial charge in [0.2, 0.25) is 5.91 Å². The van der Waals surface area contributed by atoms with Gasteiger partial charge in [0, 0.05) is 32.3 Å². The molecule has 1 aromatic carbocycles. The zero-order valence-electron chi connectivity index (χ0n) is 14.3. The van der Waals surface area contributed by atoms with Crippen LogP contribution in [0.3, 0.4) is 0 Å². The minimum atomic E-state index is -0.495. The summed E-state index contributed by atoms with van der Waals surface area (Å²) < 4.78 is 8.62. The standard InChI is InChI=1S/C18H20N4O3/c1-12-9-20(2)17(19-12)13-7-8-21(10-13)16(23)11-22-14-5-3-4-6-15(14)25-18(22)24/h3-6,9,13H,7-8,10-11H2,1-2H3/t13-/m1/s1. The van der Waals surface area contributed by atoms with Gasteiger partial charge in [0.15, 0.2) is 5.58 Å². The molecule has 0 bridgehead atoms. The highest BCUT2D eigenvalue weighted by atomic mass is 16.4. The maximum atomic E-state index is 12.7. The number of benzene rings is 1. The zero-order chi connectivity index (χ0) is 17.6. The fourth-order valence-corrected chi connectivity index (χ4v) is 3.61. The molecule has 1 saturated heterocycles. The molecule has 25 heavy (non-hydrogen) atoms. The van der Waals surface area contributed by atoms with Crippen molar-refractivity contribution >= 4 is 17.0 Å². The molecule has 7 heteroatoms. The molecule has 0 N–H and O–H groups in total. The number of oxazole rings is 1. The van der Waals surface area contributed by atoms with Crippen molar-refractivity contribution < 1.29 is 9.21 Å². The smallest absolute Gasteiger partial charge is 0.408 e. The highest BCUT2D eigenvalue weighted by molar-refractivity contribution is 5.79. The SMILES string of the molecule is Cc1cn(C)c([C@@H]2CCN(C(=O)Cn3c(=O)oc4ccccc43)C2)n1. The first-order chi connectivity index (χ1) is 12.0. The quantitative estimate of drug-likeness (QED) is 0.727. The summed E-state index contributed by atoms with van der Waals surface area (Å²) in [6, 6.07) is 7.15. The summed E-state index contributed by atoms with van der Waals surface area (Å²) in [4.78, 5) is 31.1. The number of fused-ring (bicyclic) bond motifs is 1. The third kappa shape index (κ3) is 2.75. The number of para-hydroxylation sites is 2. The lowest BCUT2D eigenvalue weighted by Crippen LogP contribution is -2.34. The lowest BCUT2D eigenvalue weighted by atomic mass is 10.1. The Kier molecular flexibility index (Phi) is 3.71. The van der Waals surface area contributed by atoms with Gasteiger partial charge in [-0.15, -0.1) is 0 Å². The molecule has 1 amide bonds. The molecule has 2 aromatic heterocycles. The summed E-state index contributed by atoms with van der Waals surface area (Å²) in [5, 5.41) is 0. The van der Waals surface area contributed by atoms with E-state index in [9.17, 15) is 9.59 Å². The lowest BCUT2D eigenvalue weighted by Gasteiger charge is -2.16. The van der Waals surface area contributed by atoms with E-state index >= 15 is 0 Å². The molecule has 1 aliphatic rings. The Hall–Kier alpha value is -2.83. The molecule has 7 nitrogen and oxygen atoms in total. The van der Waals surface area contributed by atoms with Crippen molar-refractivity contribution in [3.05, 3.63) is 52.5 Å². The molecule has 3 heterocycles. The number of hydrogen-bond donors (Lipinski definition) is 0. The molecule has 4 rings (SSSR count). The van der Waals surface area contributed by atoms with E-state index in [1.165, 1.54) is 4.57 Å². The fraction of sp³-hybridized carbons (Fsp3) is 0.389. The average Bonchev–Trinajstić information content (AvgIpc) is 3.26. The van der Waals surface area contributed by atoms with Crippen LogP contribution in [0.2, 0.25) is 0 Å². The second-order valence-corrected chi connectivity index (χ2v) is 6.60. The van der Waals surface area contributed by atoms with Crippen molar-refractivity contribution in [2.75, 3.05) is 13.1 Å². The van der Waals surface area contributed by atoms with Crippen LogP contribution in [0.15, 0.2) is 39.7 Å². The lowest BCUT2D eigenvalue weighted by molar-refractivity contribution is -0.130. The predicted octanol–water partition coefficient (Wildman–Crippen LogP) is 1.65. The molecular weight excluding hydrogens is 320 g/mol. The Morgan fingerprint density at radius 3 is 2.92 bits per heavy atom. The highest BCUT2D eigenvalue weighted by Gasteiger charge is 2.30. The van der Waals surface area contributed by atoms with Crippen LogP contribution >= 0.6 is 0 Å². The van der Waals surface area contributed by atoms with Crippen LogP contribution in [0.5, 0.6) is 0 Å². The van der Waals surface area contributed by atoms with Crippen molar-refractivity contribution in [2.24, 2.45) is 7.05 Å². The third-order valence-corrected chi connectivity index (χ3v) is 4.81. The summed E-state index contributed by atoms with van der Waals surface area (Å²) in [5.41, 5.74) is 2.14. The van der Waals surface area contributed by atoms with Crippen LogP contribution in [0.25, 0.3) is 11.1 Å². The van der Waals surface area contributed by atoms with Gasteiger partial charge < -0.3 is 13.9 Å². The number of aryl methyl sites for hydroxylation is 2. The summed E-state index contributed by atoms with van der Waals surface area (Å²) in [6.45, 7) is 3.29. The van der Waals surface area contributed by atoms with E-state index in [0.29, 0.717) is 24.2 Å². The van der Waals surface area contributed by atoms with Gasteiger partial charge in [-0.25, -0.2) is 9.78 Å². The summed E-state index contributed by atoms with van der Waals surface area (Å²) >= 11 is 0. The van der Waals surface area contributed by atoms with E-state index in [1.807, 2.05) is 35.7 Å². The number of likely N-dealkylation sites (tertiary alicyclic amines) is 1. The van der Waals surface area contributed by atoms with Crippen LogP contribution in [0, 0.1) is 6.92 Å². The van der Waals surface area contributed by atoms with E-state index in [0.717, 1.165) is 17.9 Å². The number of hydrogen-bond acceptors (Lipinski definition) is 4. The number of nitrogens with zero attached hydrogens (tertiary/aromatic N) is 4. The third-order valence-electron chi connectivity index (χ3n) is 4.81. The van der Waals surface area contributed by atoms with Gasteiger partial charge in [-0.2, -0.15) is 0 Å². The van der Waals surface area contributed by atoms with E-state index in [4.69, 9.17) is 4.42 Å². The number of carbonyl (C=O) groups is 1. The normalized spacial score (nSPS) is 17.5. The second-order valence-electron chi connectivity index (χ2n) is 6.60. The first-order valence-electron chi connectivity index (χ1n) is 8.39. The fourth-order valence-electron chi connectivity index (χ4n) is 3.61. The van der Waals surface area contributed by atoms with Gasteiger partial charge in [-0.1, -0.05) is 12.1 Å². The summed E-state index contributed by atoms with van der Waals surface area (Å²) in [7, 11) is 1.98. The van der Waals surface area contributed by atoms with Crippen molar-refractivity contribution in [1.29, 1.82) is 0 Å². The van der Waals surface area contributed by atoms with E-state index in [2.05, 4.69) is 4.98 Å². The molecule has 0 aliphatic carbocycles. The minimum Gasteiger partial charge on any atom is -0.408 e. The first kappa shape index (κ1) is 15.7. The van der Waals surface area contributed by atoms with E-state index in [-0.39, 0.29) is 18.4 Å². The first-order valence-corrected chi connectivity index (χ1v) is 8.39. The van der Waals surface area contributed by atoms with Gasteiger partial charge in [0.1, 0.15) is 12.4 Å². The van der Waals surface area contributed by atoms with Gasteiger partial charge in [-0.05, 0) is 25.5 Å². The molecule has 1 aliphatic heterocycles. The number of imidazole rings is 1. The Labute approximate surface area is 144 Å². The molecule has 0 radical (unpaired) electrons. The van der Waals surface area contributed by atoms with Crippen molar-refractivity contribution in [3.8, 4) is 0 Å². The van der Waals surface area contributed by atoms with Gasteiger partial charge >= 0.3 is 5.76 Å². The zero-order valence-corrected chi connectivity index (χ0v) is 14.3. The topological polar surface area (TPSA) is 73.3 Å². The monoisotopic (exact) mass is 340 g/mol. The molecule has 3 aromatic rings. The van der Waals surface area contributed by atoms with Crippen LogP contribution in [-0.2, 0) is 18.4 Å². The molecule has 1 fully saturated rings. The predicted molar refractivity (Wildman–Crippen MR) is 92.4 cm³/mol. The Morgan fingerprint density at radius 1 is 1.36 bits per heavy atom. The van der Waals surface area contributed by atoms with Crippen LogP contribution < -0.4 is 5.76 Å². The van der Waals surface area contributed by atoms with Gasteiger partial charge in [0.25, 0.3) is 0 Å². The maximum absolute atomic E-state index is 12.7. The number of amides is 1. The van der Waals surface area contributed by atoms with Crippen molar-refractivity contribution in [3.63, 3.8) is 0 Å². The molecule has 0 unspecified atom stereocenters. The Balaban J connectivity index is 1.51. The molecule has 0 spiro atoms. The summed E-state index contributed by atoms with van der Waals surface area (Å²) in [6.07, 6.45) is 2.88. The summed E-state index contributed by atoms with van der Waals surface area (Å²) in [5.74, 6) is 0.686. The van der Waals surface area contributed by atoms with E-state index < -0.39 is 5.76 Å². The molecular formula is C18H20N4O3. The van der Waals surface area contributed by atoms with Crippen molar-refractivity contribution in [2.45, 2.75) is 25.8 Å². The largest absolute Gasteiger partial charge is 0.420 e. The van der Waals surface area contributed by atoms with Crippen LogP contribution in [-0.4, -0.2) is 38.0 Å². The molecule has 0 saturated carbocycles. The van der Waals surface area contributed by atoms with Crippen LogP contribution in [0.4, 0.5) is 0 Å². The Bertz CT molecular complexity index is 997. The molecule has 130 valence electrons. The second kappa shape index (κ2) is 5.91. The average molecular weight is 340 g/mol. The number of aromatic nitrogens is 3. The number of carbonyl (C=O) groups excluding carboxylic acids is 1. The maximum Gasteiger partial charge on any atom is 0.420 e. The van der Waals surface area contributed by atoms with Gasteiger partial charge in [-0.3, -0.25) is 9.36 Å². The number of rotatable bonds is 3. The Morgan fingerprint density at radius 2 is 2.16 bits per heavy atom. The van der Waals surface area contributed by atoms with Gasteiger partial charge in [0.05, 0.1) is 11.2 Å². The van der Waals surface area contributed by atoms with Crippen LogP contribution in [0.1, 0.15) is 23.9 Å². The molecule has 1 atom stereocenters. The van der Waals surface area contributed by atoms with E-state index in [1.54, 1.807) is 18.2 Å².